The maximum absolute atomic E-state index is 12.1. The summed E-state index contributed by atoms with van der Waals surface area (Å²) >= 11 is 0. The number of nitrogens with zero attached hydrogens (tertiary/aromatic N) is 2. The molecule has 1 fully saturated rings. The van der Waals surface area contributed by atoms with Gasteiger partial charge in [-0.05, 0) is 50.8 Å². The van der Waals surface area contributed by atoms with Crippen molar-refractivity contribution in [3.8, 4) is 5.75 Å². The average molecular weight is 343 g/mol. The van der Waals surface area contributed by atoms with Gasteiger partial charge in [-0.1, -0.05) is 11.2 Å². The molecule has 3 rings (SSSR count). The van der Waals surface area contributed by atoms with E-state index in [1.54, 1.807) is 13.0 Å². The third-order valence-corrected chi connectivity index (χ3v) is 4.87. The lowest BCUT2D eigenvalue weighted by atomic mass is 10.0. The summed E-state index contributed by atoms with van der Waals surface area (Å²) in [6, 6.07) is 5.68. The molecule has 25 heavy (non-hydrogen) atoms. The van der Waals surface area contributed by atoms with Crippen LogP contribution in [0.15, 0.2) is 22.7 Å². The number of likely N-dealkylation sites (tertiary alicyclic amines) is 1. The first-order chi connectivity index (χ1) is 11.9. The van der Waals surface area contributed by atoms with E-state index in [2.05, 4.69) is 28.4 Å². The predicted molar refractivity (Wildman–Crippen MR) is 94.6 cm³/mol. The van der Waals surface area contributed by atoms with Crippen molar-refractivity contribution in [3.63, 3.8) is 0 Å². The SMILES string of the molecule is Cc1cc(C(=O)NC2CCN(Cc3cc(C)c(C)cc3O)CC2)no1. The Morgan fingerprint density at radius 3 is 2.56 bits per heavy atom. The fraction of sp³-hybridized carbons (Fsp3) is 0.474. The number of amides is 1. The van der Waals surface area contributed by atoms with Gasteiger partial charge < -0.3 is 14.9 Å². The highest BCUT2D eigenvalue weighted by molar-refractivity contribution is 5.92. The van der Waals surface area contributed by atoms with Crippen molar-refractivity contribution in [1.82, 2.24) is 15.4 Å². The Morgan fingerprint density at radius 2 is 1.92 bits per heavy atom. The van der Waals surface area contributed by atoms with Crippen molar-refractivity contribution < 1.29 is 14.4 Å². The number of aromatic nitrogens is 1. The first-order valence-electron chi connectivity index (χ1n) is 8.68. The molecule has 1 aromatic heterocycles. The van der Waals surface area contributed by atoms with Gasteiger partial charge in [0, 0.05) is 37.3 Å². The standard InChI is InChI=1S/C19H25N3O3/c1-12-8-15(18(23)9-13(12)2)11-22-6-4-16(5-7-22)20-19(24)17-10-14(3)25-21-17/h8-10,16,23H,4-7,11H2,1-3H3,(H,20,24). The molecule has 1 saturated heterocycles. The van der Waals surface area contributed by atoms with Gasteiger partial charge in [0.25, 0.3) is 5.91 Å². The van der Waals surface area contributed by atoms with Crippen LogP contribution in [-0.4, -0.2) is 40.2 Å². The molecular weight excluding hydrogens is 318 g/mol. The number of phenolic OH excluding ortho intramolecular Hbond substituents is 1. The van der Waals surface area contributed by atoms with Crippen molar-refractivity contribution in [1.29, 1.82) is 0 Å². The van der Waals surface area contributed by atoms with Crippen LogP contribution in [0, 0.1) is 20.8 Å². The lowest BCUT2D eigenvalue weighted by molar-refractivity contribution is 0.0899. The number of benzene rings is 1. The summed E-state index contributed by atoms with van der Waals surface area (Å²) in [4.78, 5) is 14.4. The zero-order valence-corrected chi connectivity index (χ0v) is 15.0. The maximum Gasteiger partial charge on any atom is 0.273 e. The van der Waals surface area contributed by atoms with E-state index < -0.39 is 0 Å². The monoisotopic (exact) mass is 343 g/mol. The van der Waals surface area contributed by atoms with Crippen LogP contribution in [0.3, 0.4) is 0 Å². The van der Waals surface area contributed by atoms with E-state index in [1.165, 1.54) is 5.56 Å². The summed E-state index contributed by atoms with van der Waals surface area (Å²) in [5, 5.41) is 16.9. The molecule has 0 saturated carbocycles. The molecule has 1 aliphatic rings. The number of piperidine rings is 1. The number of carbonyl (C=O) groups is 1. The lowest BCUT2D eigenvalue weighted by Gasteiger charge is -2.32. The molecule has 6 heteroatoms. The summed E-state index contributed by atoms with van der Waals surface area (Å²) in [6.07, 6.45) is 1.77. The largest absolute Gasteiger partial charge is 0.508 e. The molecule has 0 spiro atoms. The maximum atomic E-state index is 12.1. The Hall–Kier alpha value is -2.34. The van der Waals surface area contributed by atoms with Crippen LogP contribution < -0.4 is 5.32 Å². The minimum Gasteiger partial charge on any atom is -0.508 e. The zero-order valence-electron chi connectivity index (χ0n) is 15.0. The van der Waals surface area contributed by atoms with Crippen molar-refractivity contribution in [3.05, 3.63) is 46.3 Å². The molecule has 1 amide bonds. The topological polar surface area (TPSA) is 78.6 Å². The van der Waals surface area contributed by atoms with Gasteiger partial charge in [0.1, 0.15) is 11.5 Å². The third-order valence-electron chi connectivity index (χ3n) is 4.87. The van der Waals surface area contributed by atoms with Gasteiger partial charge in [-0.2, -0.15) is 0 Å². The first-order valence-corrected chi connectivity index (χ1v) is 8.68. The van der Waals surface area contributed by atoms with E-state index in [0.717, 1.165) is 43.6 Å². The van der Waals surface area contributed by atoms with Gasteiger partial charge in [-0.25, -0.2) is 0 Å². The normalized spacial score (nSPS) is 16.1. The van der Waals surface area contributed by atoms with E-state index in [1.807, 2.05) is 13.0 Å². The second kappa shape index (κ2) is 7.27. The number of aromatic hydroxyl groups is 1. The van der Waals surface area contributed by atoms with E-state index in [-0.39, 0.29) is 11.9 Å². The number of hydrogen-bond donors (Lipinski definition) is 2. The van der Waals surface area contributed by atoms with Gasteiger partial charge in [-0.15, -0.1) is 0 Å². The molecule has 134 valence electrons. The molecule has 0 aliphatic carbocycles. The van der Waals surface area contributed by atoms with Gasteiger partial charge in [0.2, 0.25) is 0 Å². The van der Waals surface area contributed by atoms with Crippen LogP contribution in [-0.2, 0) is 6.54 Å². The fourth-order valence-electron chi connectivity index (χ4n) is 3.20. The Bertz CT molecular complexity index is 761. The van der Waals surface area contributed by atoms with Gasteiger partial charge in [-0.3, -0.25) is 9.69 Å². The molecule has 0 unspecified atom stereocenters. The molecule has 2 aromatic rings. The summed E-state index contributed by atoms with van der Waals surface area (Å²) < 4.78 is 4.94. The fourth-order valence-corrected chi connectivity index (χ4v) is 3.20. The Labute approximate surface area is 147 Å². The predicted octanol–water partition coefficient (Wildman–Crippen LogP) is 2.70. The van der Waals surface area contributed by atoms with Crippen LogP contribution in [0.1, 0.15) is 45.8 Å². The Kier molecular flexibility index (Phi) is 5.08. The van der Waals surface area contributed by atoms with E-state index in [9.17, 15) is 9.90 Å². The molecule has 0 bridgehead atoms. The first kappa shape index (κ1) is 17.5. The molecule has 1 aromatic carbocycles. The summed E-state index contributed by atoms with van der Waals surface area (Å²) in [5.41, 5.74) is 3.59. The van der Waals surface area contributed by atoms with Crippen molar-refractivity contribution in [2.24, 2.45) is 0 Å². The highest BCUT2D eigenvalue weighted by Crippen LogP contribution is 2.24. The Balaban J connectivity index is 1.52. The summed E-state index contributed by atoms with van der Waals surface area (Å²) in [7, 11) is 0. The minimum atomic E-state index is -0.179. The number of phenols is 1. The van der Waals surface area contributed by atoms with Crippen LogP contribution in [0.25, 0.3) is 0 Å². The van der Waals surface area contributed by atoms with E-state index >= 15 is 0 Å². The van der Waals surface area contributed by atoms with Crippen LogP contribution in [0.5, 0.6) is 5.75 Å². The Morgan fingerprint density at radius 1 is 1.24 bits per heavy atom. The minimum absolute atomic E-state index is 0.147. The molecule has 0 atom stereocenters. The highest BCUT2D eigenvalue weighted by atomic mass is 16.5. The van der Waals surface area contributed by atoms with Crippen molar-refractivity contribution >= 4 is 5.91 Å². The summed E-state index contributed by atoms with van der Waals surface area (Å²) in [5.74, 6) is 0.815. The quantitative estimate of drug-likeness (QED) is 0.892. The number of nitrogens with one attached hydrogen (secondary N) is 1. The highest BCUT2D eigenvalue weighted by Gasteiger charge is 2.23. The number of aryl methyl sites for hydroxylation is 3. The van der Waals surface area contributed by atoms with Crippen molar-refractivity contribution in [2.75, 3.05) is 13.1 Å². The molecule has 1 aliphatic heterocycles. The third kappa shape index (κ3) is 4.20. The van der Waals surface area contributed by atoms with Crippen LogP contribution in [0.4, 0.5) is 0 Å². The molecule has 2 N–H and O–H groups in total. The second-order valence-corrected chi connectivity index (χ2v) is 6.91. The lowest BCUT2D eigenvalue weighted by Crippen LogP contribution is -2.44. The zero-order chi connectivity index (χ0) is 18.0. The molecule has 0 radical (unpaired) electrons. The van der Waals surface area contributed by atoms with E-state index in [0.29, 0.717) is 17.2 Å². The average Bonchev–Trinajstić information content (AvgIpc) is 3.01. The van der Waals surface area contributed by atoms with Crippen LogP contribution in [0.2, 0.25) is 0 Å². The number of hydrogen-bond acceptors (Lipinski definition) is 5. The van der Waals surface area contributed by atoms with Gasteiger partial charge in [0.15, 0.2) is 5.69 Å². The number of carbonyl (C=O) groups excluding carboxylic acids is 1. The van der Waals surface area contributed by atoms with Crippen LogP contribution >= 0.6 is 0 Å². The van der Waals surface area contributed by atoms with Gasteiger partial charge in [0.05, 0.1) is 0 Å². The molecular formula is C19H25N3O3. The van der Waals surface area contributed by atoms with Gasteiger partial charge >= 0.3 is 0 Å². The van der Waals surface area contributed by atoms with Crippen molar-refractivity contribution in [2.45, 2.75) is 46.2 Å². The van der Waals surface area contributed by atoms with E-state index in [4.69, 9.17) is 4.52 Å². The smallest absolute Gasteiger partial charge is 0.273 e. The summed E-state index contributed by atoms with van der Waals surface area (Å²) in [6.45, 7) is 8.33. The number of rotatable bonds is 4. The second-order valence-electron chi connectivity index (χ2n) is 6.91. The molecule has 2 heterocycles. The molecule has 6 nitrogen and oxygen atoms in total.